The number of hydrogen-bond donors (Lipinski definition) is 1. The molecule has 2 heterocycles. The molecule has 5 unspecified atom stereocenters. The summed E-state index contributed by atoms with van der Waals surface area (Å²) in [6, 6.07) is 0.838. The number of piperidine rings is 2. The molecule has 0 aromatic heterocycles. The van der Waals surface area contributed by atoms with Crippen molar-refractivity contribution in [1.29, 1.82) is 0 Å². The van der Waals surface area contributed by atoms with E-state index in [2.05, 4.69) is 30.7 Å². The summed E-state index contributed by atoms with van der Waals surface area (Å²) >= 11 is 0. The first-order valence-corrected chi connectivity index (χ1v) is 9.21. The Balaban J connectivity index is 1.71. The van der Waals surface area contributed by atoms with Crippen molar-refractivity contribution in [3.63, 3.8) is 0 Å². The van der Waals surface area contributed by atoms with E-state index in [0.717, 1.165) is 30.3 Å². The summed E-state index contributed by atoms with van der Waals surface area (Å²) in [5, 5.41) is 0. The molecule has 122 valence electrons. The van der Waals surface area contributed by atoms with Gasteiger partial charge in [-0.05, 0) is 69.9 Å². The second-order valence-electron chi connectivity index (χ2n) is 8.31. The van der Waals surface area contributed by atoms with Crippen molar-refractivity contribution >= 4 is 0 Å². The lowest BCUT2D eigenvalue weighted by Crippen LogP contribution is -2.63. The summed E-state index contributed by atoms with van der Waals surface area (Å²) in [5.41, 5.74) is 6.63. The highest BCUT2D eigenvalue weighted by molar-refractivity contribution is 5.01. The van der Waals surface area contributed by atoms with Crippen LogP contribution in [-0.2, 0) is 0 Å². The Hall–Kier alpha value is -0.120. The van der Waals surface area contributed by atoms with Gasteiger partial charge in [-0.25, -0.2) is 0 Å². The van der Waals surface area contributed by atoms with E-state index in [1.165, 1.54) is 58.2 Å². The fourth-order valence-electron chi connectivity index (χ4n) is 5.37. The van der Waals surface area contributed by atoms with Crippen LogP contribution in [0.3, 0.4) is 0 Å². The van der Waals surface area contributed by atoms with Crippen LogP contribution >= 0.6 is 0 Å². The van der Waals surface area contributed by atoms with E-state index in [4.69, 9.17) is 5.73 Å². The molecule has 21 heavy (non-hydrogen) atoms. The zero-order valence-electron chi connectivity index (χ0n) is 14.4. The van der Waals surface area contributed by atoms with Gasteiger partial charge in [0.15, 0.2) is 0 Å². The van der Waals surface area contributed by atoms with E-state index in [-0.39, 0.29) is 0 Å². The van der Waals surface area contributed by atoms with Crippen molar-refractivity contribution in [2.75, 3.05) is 33.2 Å². The molecule has 2 N–H and O–H groups in total. The summed E-state index contributed by atoms with van der Waals surface area (Å²) < 4.78 is 0. The molecule has 3 nitrogen and oxygen atoms in total. The number of likely N-dealkylation sites (tertiary alicyclic amines) is 2. The minimum atomic E-state index is 0.312. The van der Waals surface area contributed by atoms with E-state index in [1.807, 2.05) is 0 Å². The molecule has 0 amide bonds. The van der Waals surface area contributed by atoms with Gasteiger partial charge in [0.05, 0.1) is 0 Å². The first kappa shape index (κ1) is 15.8. The van der Waals surface area contributed by atoms with Gasteiger partial charge in [-0.3, -0.25) is 4.90 Å². The highest BCUT2D eigenvalue weighted by Crippen LogP contribution is 2.42. The highest BCUT2D eigenvalue weighted by atomic mass is 15.3. The lowest BCUT2D eigenvalue weighted by molar-refractivity contribution is -0.0428. The molecular formula is C18H35N3. The zero-order valence-corrected chi connectivity index (χ0v) is 14.4. The molecule has 1 aliphatic carbocycles. The van der Waals surface area contributed by atoms with Crippen LogP contribution in [0.25, 0.3) is 0 Å². The molecule has 0 spiro atoms. The molecule has 0 radical (unpaired) electrons. The topological polar surface area (TPSA) is 32.5 Å². The van der Waals surface area contributed by atoms with Crippen molar-refractivity contribution in [3.8, 4) is 0 Å². The van der Waals surface area contributed by atoms with Gasteiger partial charge in [-0.15, -0.1) is 0 Å². The number of nitrogens with two attached hydrogens (primary N) is 1. The SMILES string of the molecule is CC1CCC(CN)(N2CCC3C(CCCN3C)C2)CC1C. The van der Waals surface area contributed by atoms with Crippen molar-refractivity contribution in [2.24, 2.45) is 23.5 Å². The van der Waals surface area contributed by atoms with E-state index in [9.17, 15) is 0 Å². The van der Waals surface area contributed by atoms with Crippen LogP contribution in [0.4, 0.5) is 0 Å². The summed E-state index contributed by atoms with van der Waals surface area (Å²) in [6.45, 7) is 9.59. The molecule has 5 atom stereocenters. The predicted molar refractivity (Wildman–Crippen MR) is 89.3 cm³/mol. The van der Waals surface area contributed by atoms with Gasteiger partial charge >= 0.3 is 0 Å². The van der Waals surface area contributed by atoms with Crippen LogP contribution in [0.5, 0.6) is 0 Å². The fraction of sp³-hybridized carbons (Fsp3) is 1.00. The average Bonchev–Trinajstić information content (AvgIpc) is 2.50. The first-order chi connectivity index (χ1) is 10.1. The molecular weight excluding hydrogens is 258 g/mol. The minimum absolute atomic E-state index is 0.312. The maximum Gasteiger partial charge on any atom is 0.0334 e. The van der Waals surface area contributed by atoms with Gasteiger partial charge < -0.3 is 10.6 Å². The Morgan fingerprint density at radius 1 is 1.10 bits per heavy atom. The van der Waals surface area contributed by atoms with E-state index >= 15 is 0 Å². The molecule has 0 bridgehead atoms. The number of rotatable bonds is 2. The smallest absolute Gasteiger partial charge is 0.0334 e. The van der Waals surface area contributed by atoms with Crippen molar-refractivity contribution < 1.29 is 0 Å². The molecule has 3 fully saturated rings. The molecule has 3 rings (SSSR count). The Labute approximate surface area is 131 Å². The molecule has 2 aliphatic heterocycles. The second-order valence-corrected chi connectivity index (χ2v) is 8.31. The van der Waals surface area contributed by atoms with Crippen LogP contribution in [0.15, 0.2) is 0 Å². The van der Waals surface area contributed by atoms with Gasteiger partial charge in [0.2, 0.25) is 0 Å². The zero-order chi connectivity index (χ0) is 15.0. The van der Waals surface area contributed by atoms with Crippen LogP contribution in [0, 0.1) is 17.8 Å². The van der Waals surface area contributed by atoms with E-state index in [0.29, 0.717) is 5.54 Å². The van der Waals surface area contributed by atoms with Crippen molar-refractivity contribution in [2.45, 2.75) is 64.0 Å². The van der Waals surface area contributed by atoms with Gasteiger partial charge in [-0.2, -0.15) is 0 Å². The molecule has 1 saturated carbocycles. The molecule has 3 heteroatoms. The van der Waals surface area contributed by atoms with Crippen molar-refractivity contribution in [1.82, 2.24) is 9.80 Å². The van der Waals surface area contributed by atoms with Gasteiger partial charge in [0.1, 0.15) is 0 Å². The van der Waals surface area contributed by atoms with Crippen LogP contribution in [0.2, 0.25) is 0 Å². The third-order valence-corrected chi connectivity index (χ3v) is 7.13. The summed E-state index contributed by atoms with van der Waals surface area (Å²) in [7, 11) is 2.33. The van der Waals surface area contributed by atoms with Gasteiger partial charge in [-0.1, -0.05) is 13.8 Å². The predicted octanol–water partition coefficient (Wildman–Crippen LogP) is 2.56. The summed E-state index contributed by atoms with van der Waals surface area (Å²) in [6.07, 6.45) is 8.17. The maximum absolute atomic E-state index is 6.32. The summed E-state index contributed by atoms with van der Waals surface area (Å²) in [4.78, 5) is 5.43. The van der Waals surface area contributed by atoms with Gasteiger partial charge in [0.25, 0.3) is 0 Å². The number of fused-ring (bicyclic) bond motifs is 1. The largest absolute Gasteiger partial charge is 0.329 e. The maximum atomic E-state index is 6.32. The monoisotopic (exact) mass is 293 g/mol. The molecule has 2 saturated heterocycles. The lowest BCUT2D eigenvalue weighted by Gasteiger charge is -2.55. The number of hydrogen-bond acceptors (Lipinski definition) is 3. The van der Waals surface area contributed by atoms with Crippen molar-refractivity contribution in [3.05, 3.63) is 0 Å². The van der Waals surface area contributed by atoms with Crippen LogP contribution < -0.4 is 5.73 Å². The Morgan fingerprint density at radius 3 is 2.62 bits per heavy atom. The Morgan fingerprint density at radius 2 is 1.90 bits per heavy atom. The third-order valence-electron chi connectivity index (χ3n) is 7.13. The van der Waals surface area contributed by atoms with Crippen LogP contribution in [-0.4, -0.2) is 54.6 Å². The van der Waals surface area contributed by atoms with Gasteiger partial charge in [0, 0.05) is 31.2 Å². The summed E-state index contributed by atoms with van der Waals surface area (Å²) in [5.74, 6) is 2.59. The van der Waals surface area contributed by atoms with E-state index < -0.39 is 0 Å². The Kier molecular flexibility index (Phi) is 4.63. The molecule has 0 aromatic rings. The quantitative estimate of drug-likeness (QED) is 0.849. The minimum Gasteiger partial charge on any atom is -0.329 e. The first-order valence-electron chi connectivity index (χ1n) is 9.21. The van der Waals surface area contributed by atoms with E-state index in [1.54, 1.807) is 0 Å². The fourth-order valence-corrected chi connectivity index (χ4v) is 5.37. The third kappa shape index (κ3) is 2.89. The molecule has 0 aromatic carbocycles. The normalized spacial score (nSPS) is 46.3. The lowest BCUT2D eigenvalue weighted by atomic mass is 9.69. The standard InChI is InChI=1S/C18H35N3/c1-14-6-8-18(13-19,11-15(14)2)21-10-7-17-16(12-21)5-4-9-20(17)3/h14-17H,4-13,19H2,1-3H3. The number of nitrogens with zero attached hydrogens (tertiary/aromatic N) is 2. The Bertz CT molecular complexity index is 358. The van der Waals surface area contributed by atoms with Crippen LogP contribution in [0.1, 0.15) is 52.4 Å². The highest BCUT2D eigenvalue weighted by Gasteiger charge is 2.45. The average molecular weight is 293 g/mol. The second kappa shape index (κ2) is 6.17. The molecule has 3 aliphatic rings.